The van der Waals surface area contributed by atoms with Gasteiger partial charge in [-0.05, 0) is 56.2 Å². The van der Waals surface area contributed by atoms with E-state index >= 15 is 0 Å². The molecule has 0 fully saturated rings. The number of halogens is 1. The average molecular weight is 296 g/mol. The second-order valence-corrected chi connectivity index (χ2v) is 5.53. The van der Waals surface area contributed by atoms with E-state index in [-0.39, 0.29) is 6.04 Å². The number of rotatable bonds is 10. The maximum Gasteiger partial charge on any atom is 0.137 e. The van der Waals surface area contributed by atoms with E-state index in [0.717, 1.165) is 37.9 Å². The number of hydrogen-bond donors (Lipinski definition) is 1. The Kier molecular flexibility index (Phi) is 8.40. The Morgan fingerprint density at radius 2 is 2.15 bits per heavy atom. The first-order valence-corrected chi connectivity index (χ1v) is 7.82. The fourth-order valence-electron chi connectivity index (χ4n) is 1.99. The van der Waals surface area contributed by atoms with E-state index in [4.69, 9.17) is 22.1 Å². The van der Waals surface area contributed by atoms with Gasteiger partial charge >= 0.3 is 0 Å². The van der Waals surface area contributed by atoms with Crippen LogP contribution in [-0.2, 0) is 6.42 Å². The van der Waals surface area contributed by atoms with Crippen molar-refractivity contribution in [3.63, 3.8) is 0 Å². The highest BCUT2D eigenvalue weighted by molar-refractivity contribution is 6.32. The van der Waals surface area contributed by atoms with Crippen LogP contribution in [0.2, 0.25) is 5.02 Å². The van der Waals surface area contributed by atoms with Crippen molar-refractivity contribution >= 4 is 11.6 Å². The summed E-state index contributed by atoms with van der Waals surface area (Å²) in [6, 6.07) is 6.16. The lowest BCUT2D eigenvalue weighted by Gasteiger charge is -2.12. The quantitative estimate of drug-likeness (QED) is 0.499. The van der Waals surface area contributed by atoms with Gasteiger partial charge in [-0.3, -0.25) is 0 Å². The summed E-state index contributed by atoms with van der Waals surface area (Å²) in [5.41, 5.74) is 7.12. The SMILES string of the molecule is C=CCCCCCOc1ccc(CC(N)CC)cc1Cl. The molecule has 0 saturated carbocycles. The largest absolute Gasteiger partial charge is 0.492 e. The van der Waals surface area contributed by atoms with Crippen LogP contribution in [0, 0.1) is 0 Å². The fraction of sp³-hybridized carbons (Fsp3) is 0.529. The average Bonchev–Trinajstić information content (AvgIpc) is 2.44. The summed E-state index contributed by atoms with van der Waals surface area (Å²) in [6.07, 6.45) is 8.25. The van der Waals surface area contributed by atoms with Gasteiger partial charge in [-0.25, -0.2) is 0 Å². The maximum absolute atomic E-state index is 6.24. The van der Waals surface area contributed by atoms with E-state index in [1.807, 2.05) is 18.2 Å². The molecule has 0 amide bonds. The van der Waals surface area contributed by atoms with Crippen LogP contribution in [0.15, 0.2) is 30.9 Å². The van der Waals surface area contributed by atoms with Crippen LogP contribution in [0.5, 0.6) is 5.75 Å². The number of unbranched alkanes of at least 4 members (excludes halogenated alkanes) is 3. The zero-order chi connectivity index (χ0) is 14.8. The summed E-state index contributed by atoms with van der Waals surface area (Å²) in [6.45, 7) is 6.52. The predicted octanol–water partition coefficient (Wildman–Crippen LogP) is 4.75. The molecule has 2 N–H and O–H groups in total. The van der Waals surface area contributed by atoms with Crippen molar-refractivity contribution < 1.29 is 4.74 Å². The lowest BCUT2D eigenvalue weighted by Crippen LogP contribution is -2.21. The third kappa shape index (κ3) is 6.44. The molecule has 0 radical (unpaired) electrons. The first kappa shape index (κ1) is 17.1. The predicted molar refractivity (Wildman–Crippen MR) is 87.6 cm³/mol. The van der Waals surface area contributed by atoms with E-state index < -0.39 is 0 Å². The summed E-state index contributed by atoms with van der Waals surface area (Å²) in [7, 11) is 0. The van der Waals surface area contributed by atoms with Crippen molar-refractivity contribution in [2.45, 2.75) is 51.5 Å². The Morgan fingerprint density at radius 3 is 2.80 bits per heavy atom. The molecule has 0 aliphatic carbocycles. The molecule has 0 spiro atoms. The van der Waals surface area contributed by atoms with Gasteiger partial charge in [0.1, 0.15) is 5.75 Å². The lowest BCUT2D eigenvalue weighted by molar-refractivity contribution is 0.305. The van der Waals surface area contributed by atoms with Crippen molar-refractivity contribution in [2.24, 2.45) is 5.73 Å². The summed E-state index contributed by atoms with van der Waals surface area (Å²) < 4.78 is 5.71. The Bertz CT molecular complexity index is 406. The van der Waals surface area contributed by atoms with Crippen molar-refractivity contribution in [3.8, 4) is 5.75 Å². The molecule has 0 aromatic heterocycles. The van der Waals surface area contributed by atoms with Crippen molar-refractivity contribution in [2.75, 3.05) is 6.61 Å². The Hall–Kier alpha value is -0.990. The molecule has 3 heteroatoms. The normalized spacial score (nSPS) is 12.2. The maximum atomic E-state index is 6.24. The molecule has 1 aromatic carbocycles. The second-order valence-electron chi connectivity index (χ2n) is 5.12. The highest BCUT2D eigenvalue weighted by Gasteiger charge is 2.06. The lowest BCUT2D eigenvalue weighted by atomic mass is 10.0. The highest BCUT2D eigenvalue weighted by atomic mass is 35.5. The third-order valence-corrected chi connectivity index (χ3v) is 3.62. The summed E-state index contributed by atoms with van der Waals surface area (Å²) >= 11 is 6.24. The highest BCUT2D eigenvalue weighted by Crippen LogP contribution is 2.26. The minimum Gasteiger partial charge on any atom is -0.492 e. The van der Waals surface area contributed by atoms with Crippen molar-refractivity contribution in [3.05, 3.63) is 41.4 Å². The van der Waals surface area contributed by atoms with Crippen LogP contribution >= 0.6 is 11.6 Å². The minimum atomic E-state index is 0.197. The van der Waals surface area contributed by atoms with Crippen LogP contribution < -0.4 is 10.5 Å². The molecule has 0 bridgehead atoms. The van der Waals surface area contributed by atoms with E-state index in [2.05, 4.69) is 19.6 Å². The molecule has 1 unspecified atom stereocenters. The zero-order valence-corrected chi connectivity index (χ0v) is 13.2. The van der Waals surface area contributed by atoms with Gasteiger partial charge in [0, 0.05) is 6.04 Å². The number of hydrogen-bond acceptors (Lipinski definition) is 2. The first-order chi connectivity index (χ1) is 9.67. The number of allylic oxidation sites excluding steroid dienone is 1. The van der Waals surface area contributed by atoms with Crippen molar-refractivity contribution in [1.29, 1.82) is 0 Å². The molecule has 1 atom stereocenters. The zero-order valence-electron chi connectivity index (χ0n) is 12.4. The number of ether oxygens (including phenoxy) is 1. The van der Waals surface area contributed by atoms with Gasteiger partial charge in [0.15, 0.2) is 0 Å². The Morgan fingerprint density at radius 1 is 1.35 bits per heavy atom. The van der Waals surface area contributed by atoms with Gasteiger partial charge in [-0.15, -0.1) is 6.58 Å². The standard InChI is InChI=1S/C17H26ClNO/c1-3-5-6-7-8-11-20-17-10-9-14(13-16(17)18)12-15(19)4-2/h3,9-10,13,15H,1,4-8,11-12,19H2,2H3. The monoisotopic (exact) mass is 295 g/mol. The molecule has 0 aliphatic rings. The molecular formula is C17H26ClNO. The third-order valence-electron chi connectivity index (χ3n) is 3.33. The molecule has 2 nitrogen and oxygen atoms in total. The van der Waals surface area contributed by atoms with Gasteiger partial charge in [-0.2, -0.15) is 0 Å². The van der Waals surface area contributed by atoms with Gasteiger partial charge in [0.2, 0.25) is 0 Å². The van der Waals surface area contributed by atoms with Gasteiger partial charge in [0.25, 0.3) is 0 Å². The van der Waals surface area contributed by atoms with Crippen LogP contribution in [-0.4, -0.2) is 12.6 Å². The molecule has 20 heavy (non-hydrogen) atoms. The molecular weight excluding hydrogens is 270 g/mol. The molecule has 112 valence electrons. The van der Waals surface area contributed by atoms with Crippen LogP contribution in [0.1, 0.15) is 44.6 Å². The molecule has 0 aliphatic heterocycles. The van der Waals surface area contributed by atoms with E-state index in [9.17, 15) is 0 Å². The summed E-state index contributed by atoms with van der Waals surface area (Å²) in [4.78, 5) is 0. The molecule has 0 heterocycles. The number of nitrogens with two attached hydrogens (primary N) is 1. The second kappa shape index (κ2) is 9.84. The Balaban J connectivity index is 2.37. The summed E-state index contributed by atoms with van der Waals surface area (Å²) in [5.74, 6) is 0.768. The van der Waals surface area contributed by atoms with Gasteiger partial charge in [-0.1, -0.05) is 30.7 Å². The fourth-order valence-corrected chi connectivity index (χ4v) is 2.24. The van der Waals surface area contributed by atoms with Gasteiger partial charge in [0.05, 0.1) is 11.6 Å². The minimum absolute atomic E-state index is 0.197. The van der Waals surface area contributed by atoms with Crippen molar-refractivity contribution in [1.82, 2.24) is 0 Å². The topological polar surface area (TPSA) is 35.2 Å². The summed E-state index contributed by atoms with van der Waals surface area (Å²) in [5, 5.41) is 0.678. The smallest absolute Gasteiger partial charge is 0.137 e. The Labute approximate surface area is 128 Å². The molecule has 1 aromatic rings. The van der Waals surface area contributed by atoms with Crippen LogP contribution in [0.4, 0.5) is 0 Å². The van der Waals surface area contributed by atoms with E-state index in [1.165, 1.54) is 12.0 Å². The van der Waals surface area contributed by atoms with Crippen LogP contribution in [0.3, 0.4) is 0 Å². The first-order valence-electron chi connectivity index (χ1n) is 7.45. The molecule has 1 rings (SSSR count). The van der Waals surface area contributed by atoms with Crippen LogP contribution in [0.25, 0.3) is 0 Å². The van der Waals surface area contributed by atoms with Gasteiger partial charge < -0.3 is 10.5 Å². The van der Waals surface area contributed by atoms with E-state index in [0.29, 0.717) is 11.6 Å². The molecule has 0 saturated heterocycles. The van der Waals surface area contributed by atoms with E-state index in [1.54, 1.807) is 0 Å². The number of benzene rings is 1.